The van der Waals surface area contributed by atoms with Crippen molar-refractivity contribution >= 4 is 89.8 Å². The summed E-state index contributed by atoms with van der Waals surface area (Å²) in [5.41, 5.74) is 0.202. The third-order valence-electron chi connectivity index (χ3n) is 10.1. The number of ether oxygens (including phenoxy) is 2. The van der Waals surface area contributed by atoms with Crippen LogP contribution in [0.4, 0.5) is 5.13 Å². The maximum Gasteiger partial charge on any atom is 0.259 e. The summed E-state index contributed by atoms with van der Waals surface area (Å²) in [5.74, 6) is -1.84. The van der Waals surface area contributed by atoms with E-state index in [1.165, 1.54) is 35.6 Å². The Morgan fingerprint density at radius 1 is 1.11 bits per heavy atom. The van der Waals surface area contributed by atoms with Crippen LogP contribution in [0.3, 0.4) is 0 Å². The summed E-state index contributed by atoms with van der Waals surface area (Å²) in [6.45, 7) is 9.47. The summed E-state index contributed by atoms with van der Waals surface area (Å²) in [7, 11) is -2.39. The molecule has 1 saturated heterocycles. The first-order chi connectivity index (χ1) is 26.6. The van der Waals surface area contributed by atoms with Crippen molar-refractivity contribution < 1.29 is 32.3 Å². The van der Waals surface area contributed by atoms with Crippen molar-refractivity contribution in [1.29, 1.82) is 0 Å². The number of benzene rings is 2. The number of aromatic nitrogens is 2. The quantitative estimate of drug-likeness (QED) is 0.121. The van der Waals surface area contributed by atoms with Gasteiger partial charge < -0.3 is 25.0 Å². The lowest BCUT2D eigenvalue weighted by Crippen LogP contribution is -2.57. The van der Waals surface area contributed by atoms with E-state index < -0.39 is 62.6 Å². The SMILES string of the molecule is C=C[C@@H]1C[C@]1(NC(=O)[C@@H]1C[C@@H](Oc2ncc(OC)c3ccc(Cl)cc23)CN1C(=O)[C@@H](Nc1nc(-c2ccc(Cl)c(Cl)c2)cs1)C(=C)C)C(=O)NS(=O)(=O)C1CC1. The second-order valence-corrected chi connectivity index (χ2v) is 18.1. The Morgan fingerprint density at radius 3 is 2.54 bits per heavy atom. The molecule has 294 valence electrons. The predicted molar refractivity (Wildman–Crippen MR) is 217 cm³/mol. The fourth-order valence-electron chi connectivity index (χ4n) is 6.79. The number of halogens is 3. The van der Waals surface area contributed by atoms with Gasteiger partial charge in [-0.05, 0) is 62.1 Å². The number of sulfonamides is 1. The minimum Gasteiger partial charge on any atom is -0.494 e. The lowest BCUT2D eigenvalue weighted by molar-refractivity contribution is -0.139. The van der Waals surface area contributed by atoms with Crippen LogP contribution < -0.4 is 24.8 Å². The Kier molecular flexibility index (Phi) is 11.0. The summed E-state index contributed by atoms with van der Waals surface area (Å²) in [5, 5.41) is 9.99. The number of fused-ring (bicyclic) bond motifs is 1. The van der Waals surface area contributed by atoms with Crippen LogP contribution in [0.1, 0.15) is 32.6 Å². The van der Waals surface area contributed by atoms with Crippen LogP contribution in [0.5, 0.6) is 11.6 Å². The maximum absolute atomic E-state index is 14.6. The largest absolute Gasteiger partial charge is 0.494 e. The van der Waals surface area contributed by atoms with Gasteiger partial charge in [-0.3, -0.25) is 19.1 Å². The fourth-order valence-corrected chi connectivity index (χ4v) is 9.37. The van der Waals surface area contributed by atoms with Crippen molar-refractivity contribution in [2.45, 2.75) is 61.6 Å². The molecule has 2 aromatic heterocycles. The molecule has 0 spiro atoms. The Morgan fingerprint density at radius 2 is 1.88 bits per heavy atom. The highest BCUT2D eigenvalue weighted by Gasteiger charge is 2.62. The highest BCUT2D eigenvalue weighted by molar-refractivity contribution is 7.91. The molecule has 4 aromatic rings. The molecular weight excluding hydrogens is 823 g/mol. The summed E-state index contributed by atoms with van der Waals surface area (Å²) >= 11 is 20.0. The molecule has 3 aliphatic rings. The molecule has 13 nitrogen and oxygen atoms in total. The summed E-state index contributed by atoms with van der Waals surface area (Å²) in [6, 6.07) is 8.14. The van der Waals surface area contributed by atoms with Crippen LogP contribution in [0.25, 0.3) is 22.0 Å². The van der Waals surface area contributed by atoms with Crippen LogP contribution in [0.2, 0.25) is 15.1 Å². The Hall–Kier alpha value is -4.41. The molecule has 3 amide bonds. The van der Waals surface area contributed by atoms with Crippen molar-refractivity contribution in [3.8, 4) is 22.9 Å². The van der Waals surface area contributed by atoms with E-state index >= 15 is 0 Å². The Labute approximate surface area is 342 Å². The van der Waals surface area contributed by atoms with Crippen LogP contribution in [-0.4, -0.2) is 83.6 Å². The molecule has 2 aliphatic carbocycles. The van der Waals surface area contributed by atoms with Gasteiger partial charge >= 0.3 is 0 Å². The molecular formula is C38H37Cl3N6O7S2. The number of carbonyl (C=O) groups excluding carboxylic acids is 3. The molecule has 3 heterocycles. The highest BCUT2D eigenvalue weighted by Crippen LogP contribution is 2.46. The summed E-state index contributed by atoms with van der Waals surface area (Å²) in [6.07, 6.45) is 3.31. The van der Waals surface area contributed by atoms with E-state index in [1.807, 2.05) is 0 Å². The van der Waals surface area contributed by atoms with E-state index in [0.29, 0.717) is 60.8 Å². The minimum atomic E-state index is -3.91. The summed E-state index contributed by atoms with van der Waals surface area (Å²) < 4.78 is 39.5. The second kappa shape index (κ2) is 15.5. The topological polar surface area (TPSA) is 169 Å². The molecule has 0 bridgehead atoms. The van der Waals surface area contributed by atoms with Gasteiger partial charge in [0.1, 0.15) is 29.5 Å². The van der Waals surface area contributed by atoms with E-state index in [4.69, 9.17) is 44.3 Å². The average Bonchev–Trinajstić information content (AvgIpc) is 4.05. The Bertz CT molecular complexity index is 2390. The first-order valence-corrected chi connectivity index (χ1v) is 21.1. The smallest absolute Gasteiger partial charge is 0.259 e. The highest BCUT2D eigenvalue weighted by atomic mass is 35.5. The number of likely N-dealkylation sites (tertiary alicyclic amines) is 1. The number of methoxy groups -OCH3 is 1. The number of hydrogen-bond acceptors (Lipinski definition) is 11. The number of thiazole rings is 1. The van der Waals surface area contributed by atoms with Crippen LogP contribution in [0, 0.1) is 5.92 Å². The van der Waals surface area contributed by atoms with Gasteiger partial charge in [0.15, 0.2) is 5.13 Å². The van der Waals surface area contributed by atoms with Gasteiger partial charge in [-0.15, -0.1) is 17.9 Å². The van der Waals surface area contributed by atoms with Crippen LogP contribution in [0.15, 0.2) is 72.8 Å². The van der Waals surface area contributed by atoms with Gasteiger partial charge in [-0.25, -0.2) is 18.4 Å². The predicted octanol–water partition coefficient (Wildman–Crippen LogP) is 6.40. The lowest BCUT2D eigenvalue weighted by Gasteiger charge is -2.30. The van der Waals surface area contributed by atoms with E-state index in [0.717, 1.165) is 5.56 Å². The normalized spacial score (nSPS) is 22.2. The number of hydrogen-bond donors (Lipinski definition) is 3. The van der Waals surface area contributed by atoms with Gasteiger partial charge in [0.2, 0.25) is 27.7 Å². The molecule has 2 aromatic carbocycles. The van der Waals surface area contributed by atoms with Gasteiger partial charge in [0.25, 0.3) is 5.91 Å². The zero-order valence-electron chi connectivity index (χ0n) is 30.2. The van der Waals surface area contributed by atoms with E-state index in [-0.39, 0.29) is 25.3 Å². The number of anilines is 1. The number of pyridine rings is 1. The van der Waals surface area contributed by atoms with E-state index in [1.54, 1.807) is 48.7 Å². The van der Waals surface area contributed by atoms with Crippen molar-refractivity contribution in [1.82, 2.24) is 24.9 Å². The van der Waals surface area contributed by atoms with Crippen LogP contribution >= 0.6 is 46.1 Å². The molecule has 1 aliphatic heterocycles. The zero-order valence-corrected chi connectivity index (χ0v) is 34.1. The maximum atomic E-state index is 14.6. The first kappa shape index (κ1) is 39.8. The molecule has 5 atom stereocenters. The molecule has 0 radical (unpaired) electrons. The van der Waals surface area contributed by atoms with Gasteiger partial charge in [0, 0.05) is 39.1 Å². The van der Waals surface area contributed by atoms with Gasteiger partial charge in [0.05, 0.1) is 40.8 Å². The van der Waals surface area contributed by atoms with E-state index in [9.17, 15) is 22.8 Å². The van der Waals surface area contributed by atoms with E-state index in [2.05, 4.69) is 38.5 Å². The fraction of sp³-hybridized carbons (Fsp3) is 0.342. The van der Waals surface area contributed by atoms with Crippen molar-refractivity contribution in [2.75, 3.05) is 19.0 Å². The standard InChI is InChI=1S/C38H37Cl3N6O7S2/c1-5-21-15-38(21,36(50)46-56(51,52)24-8-9-24)45-33(48)30-14-23(54-34-26-13-22(39)7-10-25(26)31(53-4)16-42-34)17-47(30)35(49)32(19(2)3)44-37-43-29(18-55-37)20-6-11-27(40)28(41)12-20/h5-7,10-13,16,18,21,23-24,30,32H,1-2,8-9,14-15,17H2,3-4H3,(H,43,44)(H,45,48)(H,46,50)/t21-,23-,30+,32+,38-/m1/s1. The third kappa shape index (κ3) is 7.92. The van der Waals surface area contributed by atoms with Crippen LogP contribution in [-0.2, 0) is 24.4 Å². The molecule has 18 heteroatoms. The molecule has 3 fully saturated rings. The van der Waals surface area contributed by atoms with Gasteiger partial charge in [-0.1, -0.05) is 53.5 Å². The van der Waals surface area contributed by atoms with Gasteiger partial charge in [-0.2, -0.15) is 0 Å². The van der Waals surface area contributed by atoms with Crippen molar-refractivity contribution in [3.63, 3.8) is 0 Å². The molecule has 7 rings (SSSR count). The number of rotatable bonds is 14. The number of amides is 3. The molecule has 0 unspecified atom stereocenters. The number of nitrogens with zero attached hydrogens (tertiary/aromatic N) is 3. The Balaban J connectivity index is 1.18. The molecule has 3 N–H and O–H groups in total. The van der Waals surface area contributed by atoms with Crippen molar-refractivity contribution in [3.05, 3.63) is 87.9 Å². The first-order valence-electron chi connectivity index (χ1n) is 17.6. The van der Waals surface area contributed by atoms with Crippen molar-refractivity contribution in [2.24, 2.45) is 5.92 Å². The minimum absolute atomic E-state index is 0.00576. The second-order valence-electron chi connectivity index (χ2n) is 14.1. The molecule has 56 heavy (non-hydrogen) atoms. The lowest BCUT2D eigenvalue weighted by atomic mass is 10.1. The molecule has 2 saturated carbocycles. The third-order valence-corrected chi connectivity index (χ3v) is 13.7. The number of carbonyl (C=O) groups is 3. The summed E-state index contributed by atoms with van der Waals surface area (Å²) in [4.78, 5) is 53.0. The number of nitrogens with one attached hydrogen (secondary N) is 3. The zero-order chi connectivity index (χ0) is 40.1. The average molecular weight is 860 g/mol. The monoisotopic (exact) mass is 858 g/mol.